The summed E-state index contributed by atoms with van der Waals surface area (Å²) in [7, 11) is 0. The van der Waals surface area contributed by atoms with Crippen LogP contribution in [0.2, 0.25) is 0 Å². The lowest BCUT2D eigenvalue weighted by Crippen LogP contribution is -2.59. The average molecular weight is 326 g/mol. The van der Waals surface area contributed by atoms with Crippen LogP contribution in [-0.2, 0) is 4.74 Å². The maximum atomic E-state index is 10.6. The van der Waals surface area contributed by atoms with Crippen molar-refractivity contribution in [3.63, 3.8) is 0 Å². The zero-order valence-corrected chi connectivity index (χ0v) is 11.7. The second kappa shape index (κ2) is 7.22. The molecule has 1 aromatic rings. The lowest BCUT2D eigenvalue weighted by Gasteiger charge is -2.40. The molecule has 1 heterocycles. The van der Waals surface area contributed by atoms with E-state index in [1.54, 1.807) is 0 Å². The van der Waals surface area contributed by atoms with Gasteiger partial charge < -0.3 is 24.8 Å². The van der Waals surface area contributed by atoms with Crippen molar-refractivity contribution in [2.24, 2.45) is 5.11 Å². The van der Waals surface area contributed by atoms with Crippen molar-refractivity contribution < 1.29 is 29.7 Å². The van der Waals surface area contributed by atoms with Crippen LogP contribution in [0.25, 0.3) is 10.4 Å². The van der Waals surface area contributed by atoms with Crippen LogP contribution >= 0.6 is 0 Å². The molecular weight excluding hydrogens is 312 g/mol. The lowest BCUT2D eigenvalue weighted by atomic mass is 9.98. The third-order valence-corrected chi connectivity index (χ3v) is 3.33. The molecule has 0 aliphatic carbocycles. The number of rotatable bonds is 5. The first-order valence-corrected chi connectivity index (χ1v) is 6.55. The molecule has 124 valence electrons. The number of non-ortho nitro benzene ring substituents is 1. The van der Waals surface area contributed by atoms with Crippen LogP contribution < -0.4 is 4.74 Å². The molecule has 3 N–H and O–H groups in total. The van der Waals surface area contributed by atoms with Crippen LogP contribution in [0.15, 0.2) is 29.4 Å². The summed E-state index contributed by atoms with van der Waals surface area (Å²) in [6.07, 6.45) is -5.35. The molecule has 23 heavy (non-hydrogen) atoms. The molecule has 1 saturated heterocycles. The van der Waals surface area contributed by atoms with Crippen LogP contribution in [0, 0.1) is 10.1 Å². The fraction of sp³-hybridized carbons (Fsp3) is 0.500. The van der Waals surface area contributed by atoms with Crippen molar-refractivity contribution in [3.8, 4) is 5.75 Å². The predicted octanol–water partition coefficient (Wildman–Crippen LogP) is 0.0915. The molecule has 5 atom stereocenters. The summed E-state index contributed by atoms with van der Waals surface area (Å²) in [6, 6.07) is 3.76. The SMILES string of the molecule is [N-]=[N+]=N[C@@H]1[C@H](Oc2ccc([N+](=O)[O-])cc2)O[C@H](CO)[C@H](O)[C@@H]1O. The molecular formula is C12H14N4O7. The maximum Gasteiger partial charge on any atom is 0.269 e. The van der Waals surface area contributed by atoms with E-state index in [0.29, 0.717) is 0 Å². The number of nitrogens with zero attached hydrogens (tertiary/aromatic N) is 4. The van der Waals surface area contributed by atoms with Crippen molar-refractivity contribution in [1.82, 2.24) is 0 Å². The number of aliphatic hydroxyl groups excluding tert-OH is 3. The summed E-state index contributed by atoms with van der Waals surface area (Å²) in [4.78, 5) is 12.6. The van der Waals surface area contributed by atoms with E-state index >= 15 is 0 Å². The van der Waals surface area contributed by atoms with Gasteiger partial charge in [0.15, 0.2) is 0 Å². The van der Waals surface area contributed by atoms with E-state index < -0.39 is 42.2 Å². The molecule has 0 aromatic heterocycles. The van der Waals surface area contributed by atoms with E-state index in [-0.39, 0.29) is 11.4 Å². The van der Waals surface area contributed by atoms with Gasteiger partial charge in [0, 0.05) is 17.0 Å². The van der Waals surface area contributed by atoms with E-state index in [1.165, 1.54) is 24.3 Å². The summed E-state index contributed by atoms with van der Waals surface area (Å²) in [5.41, 5.74) is 8.42. The number of benzene rings is 1. The molecule has 0 saturated carbocycles. The van der Waals surface area contributed by atoms with Crippen molar-refractivity contribution in [2.75, 3.05) is 6.61 Å². The lowest BCUT2D eigenvalue weighted by molar-refractivity contribution is -0.384. The quantitative estimate of drug-likeness (QED) is 0.226. The first kappa shape index (κ1) is 16.9. The Hall–Kier alpha value is -2.43. The molecule has 0 spiro atoms. The molecule has 1 aliphatic heterocycles. The number of ether oxygens (including phenoxy) is 2. The third-order valence-electron chi connectivity index (χ3n) is 3.33. The van der Waals surface area contributed by atoms with E-state index in [0.717, 1.165) is 0 Å². The summed E-state index contributed by atoms with van der Waals surface area (Å²) >= 11 is 0. The average Bonchev–Trinajstić information content (AvgIpc) is 2.54. The Morgan fingerprint density at radius 1 is 1.35 bits per heavy atom. The van der Waals surface area contributed by atoms with Gasteiger partial charge in [-0.2, -0.15) is 0 Å². The second-order valence-corrected chi connectivity index (χ2v) is 4.77. The summed E-state index contributed by atoms with van der Waals surface area (Å²) in [6.45, 7) is -0.582. The fourth-order valence-corrected chi connectivity index (χ4v) is 2.13. The molecule has 1 aliphatic rings. The Morgan fingerprint density at radius 2 is 2.00 bits per heavy atom. The minimum Gasteiger partial charge on any atom is -0.464 e. The van der Waals surface area contributed by atoms with E-state index in [4.69, 9.17) is 20.1 Å². The van der Waals surface area contributed by atoms with Gasteiger partial charge in [0.25, 0.3) is 5.69 Å². The Labute approximate surface area is 129 Å². The molecule has 0 unspecified atom stereocenters. The molecule has 11 nitrogen and oxygen atoms in total. The molecule has 11 heteroatoms. The van der Waals surface area contributed by atoms with Gasteiger partial charge in [-0.15, -0.1) is 0 Å². The van der Waals surface area contributed by atoms with Gasteiger partial charge in [0.2, 0.25) is 6.29 Å². The van der Waals surface area contributed by atoms with Gasteiger partial charge in [-0.1, -0.05) is 5.11 Å². The third kappa shape index (κ3) is 3.67. The number of hydrogen-bond donors (Lipinski definition) is 3. The van der Waals surface area contributed by atoms with Gasteiger partial charge >= 0.3 is 0 Å². The largest absolute Gasteiger partial charge is 0.464 e. The topological polar surface area (TPSA) is 171 Å². The standard InChI is InChI=1S/C12H14N4O7/c13-15-14-9-11(19)10(18)8(5-17)23-12(9)22-7-3-1-6(2-4-7)16(20)21/h1-4,8-12,17-19H,5H2/t8-,9+,10+,11-,12-/m1/s1. The van der Waals surface area contributed by atoms with Gasteiger partial charge in [0.05, 0.1) is 17.6 Å². The van der Waals surface area contributed by atoms with Gasteiger partial charge in [-0.05, 0) is 17.7 Å². The molecule has 1 fully saturated rings. The van der Waals surface area contributed by atoms with Crippen molar-refractivity contribution in [3.05, 3.63) is 44.8 Å². The molecule has 1 aromatic carbocycles. The van der Waals surface area contributed by atoms with Crippen molar-refractivity contribution in [1.29, 1.82) is 0 Å². The highest BCUT2D eigenvalue weighted by Crippen LogP contribution is 2.27. The Bertz CT molecular complexity index is 604. The Kier molecular flexibility index (Phi) is 5.32. The van der Waals surface area contributed by atoms with Crippen LogP contribution in [0.1, 0.15) is 0 Å². The van der Waals surface area contributed by atoms with E-state index in [2.05, 4.69) is 10.0 Å². The molecule has 0 bridgehead atoms. The van der Waals surface area contributed by atoms with Gasteiger partial charge in [-0.25, -0.2) is 0 Å². The van der Waals surface area contributed by atoms with Gasteiger partial charge in [-0.3, -0.25) is 10.1 Å². The van der Waals surface area contributed by atoms with Crippen LogP contribution in [-0.4, -0.2) is 57.5 Å². The number of nitro benzene ring substituents is 1. The van der Waals surface area contributed by atoms with Crippen LogP contribution in [0.3, 0.4) is 0 Å². The fourth-order valence-electron chi connectivity index (χ4n) is 2.13. The van der Waals surface area contributed by atoms with Gasteiger partial charge in [0.1, 0.15) is 24.0 Å². The Balaban J connectivity index is 2.20. The zero-order chi connectivity index (χ0) is 17.0. The number of aliphatic hydroxyl groups is 3. The second-order valence-electron chi connectivity index (χ2n) is 4.77. The first-order valence-electron chi connectivity index (χ1n) is 6.55. The first-order chi connectivity index (χ1) is 11.0. The van der Waals surface area contributed by atoms with E-state index in [1.807, 2.05) is 0 Å². The smallest absolute Gasteiger partial charge is 0.269 e. The minimum atomic E-state index is -1.50. The normalized spacial score (nSPS) is 30.3. The van der Waals surface area contributed by atoms with Crippen LogP contribution in [0.5, 0.6) is 5.75 Å². The van der Waals surface area contributed by atoms with E-state index in [9.17, 15) is 20.3 Å². The summed E-state index contributed by atoms with van der Waals surface area (Å²) < 4.78 is 10.7. The van der Waals surface area contributed by atoms with Crippen molar-refractivity contribution >= 4 is 5.69 Å². The maximum absolute atomic E-state index is 10.6. The molecule has 0 radical (unpaired) electrons. The Morgan fingerprint density at radius 3 is 2.52 bits per heavy atom. The number of azide groups is 1. The number of nitro groups is 1. The minimum absolute atomic E-state index is 0.141. The molecule has 0 amide bonds. The summed E-state index contributed by atoms with van der Waals surface area (Å²) in [5, 5.41) is 42.8. The highest BCUT2D eigenvalue weighted by atomic mass is 16.7. The summed E-state index contributed by atoms with van der Waals surface area (Å²) in [5.74, 6) is 0.166. The molecule has 2 rings (SSSR count). The monoisotopic (exact) mass is 326 g/mol. The predicted molar refractivity (Wildman–Crippen MR) is 74.4 cm³/mol. The van der Waals surface area contributed by atoms with Crippen LogP contribution in [0.4, 0.5) is 5.69 Å². The number of hydrogen-bond acceptors (Lipinski definition) is 8. The zero-order valence-electron chi connectivity index (χ0n) is 11.7. The highest BCUT2D eigenvalue weighted by Gasteiger charge is 2.45. The highest BCUT2D eigenvalue weighted by molar-refractivity contribution is 5.36. The van der Waals surface area contributed by atoms with Crippen molar-refractivity contribution in [2.45, 2.75) is 30.6 Å².